The van der Waals surface area contributed by atoms with Gasteiger partial charge in [-0.25, -0.2) is 18.1 Å². The maximum Gasteiger partial charge on any atom is 0.242 e. The van der Waals surface area contributed by atoms with Crippen LogP contribution in [0.2, 0.25) is 0 Å². The zero-order valence-corrected chi connectivity index (χ0v) is 9.25. The number of hydrogen-bond donors (Lipinski definition) is 3. The zero-order chi connectivity index (χ0) is 11.6. The Labute approximate surface area is 88.2 Å². The van der Waals surface area contributed by atoms with E-state index in [1.807, 2.05) is 0 Å². The molecule has 0 aliphatic carbocycles. The van der Waals surface area contributed by atoms with Gasteiger partial charge in [-0.05, 0) is 13.8 Å². The molecule has 6 nitrogen and oxygen atoms in total. The smallest absolute Gasteiger partial charge is 0.242 e. The molecule has 15 heavy (non-hydrogen) atoms. The van der Waals surface area contributed by atoms with Crippen molar-refractivity contribution in [2.24, 2.45) is 0 Å². The largest absolute Gasteiger partial charge is 0.504 e. The normalized spacial score (nSPS) is 11.9. The number of anilines is 1. The van der Waals surface area contributed by atoms with Gasteiger partial charge in [-0.2, -0.15) is 0 Å². The summed E-state index contributed by atoms with van der Waals surface area (Å²) in [6, 6.07) is 0.835. The molecule has 1 heterocycles. The van der Waals surface area contributed by atoms with Gasteiger partial charge in [-0.1, -0.05) is 0 Å². The molecule has 0 atom stereocenters. The molecule has 84 valence electrons. The van der Waals surface area contributed by atoms with Crippen molar-refractivity contribution in [2.45, 2.75) is 24.8 Å². The SMILES string of the molecule is CC(C)NS(=O)(=O)c1cnc(N)c(O)c1. The van der Waals surface area contributed by atoms with Crippen LogP contribution in [0.4, 0.5) is 5.82 Å². The number of pyridine rings is 1. The lowest BCUT2D eigenvalue weighted by Gasteiger charge is -2.09. The van der Waals surface area contributed by atoms with Crippen LogP contribution in [0.5, 0.6) is 5.75 Å². The van der Waals surface area contributed by atoms with Crippen molar-refractivity contribution in [3.8, 4) is 5.75 Å². The number of nitrogen functional groups attached to an aromatic ring is 1. The third-order valence-electron chi connectivity index (χ3n) is 1.57. The number of sulfonamides is 1. The molecular weight excluding hydrogens is 218 g/mol. The van der Waals surface area contributed by atoms with Gasteiger partial charge in [0.2, 0.25) is 10.0 Å². The van der Waals surface area contributed by atoms with Crippen LogP contribution in [0.25, 0.3) is 0 Å². The summed E-state index contributed by atoms with van der Waals surface area (Å²) in [4.78, 5) is 3.45. The van der Waals surface area contributed by atoms with Gasteiger partial charge in [0.25, 0.3) is 0 Å². The first-order chi connectivity index (χ1) is 6.83. The van der Waals surface area contributed by atoms with Crippen LogP contribution < -0.4 is 10.5 Å². The summed E-state index contributed by atoms with van der Waals surface area (Å²) in [7, 11) is -3.63. The van der Waals surface area contributed by atoms with Gasteiger partial charge < -0.3 is 10.8 Å². The quantitative estimate of drug-likeness (QED) is 0.682. The fraction of sp³-hybridized carbons (Fsp3) is 0.375. The predicted molar refractivity (Wildman–Crippen MR) is 55.8 cm³/mol. The Morgan fingerprint density at radius 1 is 1.53 bits per heavy atom. The van der Waals surface area contributed by atoms with Crippen molar-refractivity contribution in [1.29, 1.82) is 0 Å². The van der Waals surface area contributed by atoms with Gasteiger partial charge in [-0.3, -0.25) is 0 Å². The van der Waals surface area contributed by atoms with Gasteiger partial charge in [0, 0.05) is 18.3 Å². The van der Waals surface area contributed by atoms with E-state index in [0.717, 1.165) is 12.3 Å². The third-order valence-corrected chi connectivity index (χ3v) is 3.20. The van der Waals surface area contributed by atoms with E-state index < -0.39 is 10.0 Å². The van der Waals surface area contributed by atoms with Crippen LogP contribution in [-0.2, 0) is 10.0 Å². The van der Waals surface area contributed by atoms with E-state index in [0.29, 0.717) is 0 Å². The standard InChI is InChI=1S/C8H13N3O3S/c1-5(2)11-15(13,14)6-3-7(12)8(9)10-4-6/h3-5,11-12H,1-2H3,(H2,9,10). The summed E-state index contributed by atoms with van der Waals surface area (Å²) in [5, 5.41) is 9.22. The lowest BCUT2D eigenvalue weighted by molar-refractivity contribution is 0.473. The van der Waals surface area contributed by atoms with Gasteiger partial charge in [0.15, 0.2) is 11.6 Å². The number of nitrogens with one attached hydrogen (secondary N) is 1. The number of nitrogens with two attached hydrogens (primary N) is 1. The molecule has 1 aromatic heterocycles. The zero-order valence-electron chi connectivity index (χ0n) is 8.43. The van der Waals surface area contributed by atoms with E-state index in [4.69, 9.17) is 5.73 Å². The molecule has 7 heteroatoms. The molecule has 4 N–H and O–H groups in total. The number of hydrogen-bond acceptors (Lipinski definition) is 5. The summed E-state index contributed by atoms with van der Waals surface area (Å²) >= 11 is 0. The molecule has 0 fully saturated rings. The van der Waals surface area contributed by atoms with Gasteiger partial charge in [0.1, 0.15) is 4.90 Å². The van der Waals surface area contributed by atoms with E-state index in [2.05, 4.69) is 9.71 Å². The minimum atomic E-state index is -3.63. The lowest BCUT2D eigenvalue weighted by atomic mass is 10.4. The summed E-state index contributed by atoms with van der Waals surface area (Å²) < 4.78 is 25.6. The Balaban J connectivity index is 3.11. The molecule has 0 radical (unpaired) electrons. The van der Waals surface area contributed by atoms with Crippen LogP contribution >= 0.6 is 0 Å². The van der Waals surface area contributed by atoms with Crippen molar-refractivity contribution in [2.75, 3.05) is 5.73 Å². The molecule has 0 saturated heterocycles. The molecule has 1 aromatic rings. The fourth-order valence-electron chi connectivity index (χ4n) is 0.971. The van der Waals surface area contributed by atoms with E-state index in [9.17, 15) is 13.5 Å². The third kappa shape index (κ3) is 2.80. The predicted octanol–water partition coefficient (Wildman–Crippen LogP) is 0.0561. The molecule has 0 bridgehead atoms. The van der Waals surface area contributed by atoms with Crippen LogP contribution in [0.3, 0.4) is 0 Å². The molecule has 1 rings (SSSR count). The van der Waals surface area contributed by atoms with Crippen LogP contribution in [0.1, 0.15) is 13.8 Å². The molecule has 0 aliphatic rings. The minimum Gasteiger partial charge on any atom is -0.504 e. The maximum atomic E-state index is 11.6. The van der Waals surface area contributed by atoms with Crippen LogP contribution in [0, 0.1) is 0 Å². The highest BCUT2D eigenvalue weighted by atomic mass is 32.2. The van der Waals surface area contributed by atoms with E-state index in [-0.39, 0.29) is 22.5 Å². The summed E-state index contributed by atoms with van der Waals surface area (Å²) in [5.74, 6) is -0.444. The first kappa shape index (κ1) is 11.7. The lowest BCUT2D eigenvalue weighted by Crippen LogP contribution is -2.30. The Bertz CT molecular complexity index is 456. The van der Waals surface area contributed by atoms with Gasteiger partial charge in [0.05, 0.1) is 0 Å². The summed E-state index contributed by atoms with van der Waals surface area (Å²) in [5.41, 5.74) is 5.26. The highest BCUT2D eigenvalue weighted by Crippen LogP contribution is 2.20. The average Bonchev–Trinajstić information content (AvgIpc) is 2.07. The highest BCUT2D eigenvalue weighted by molar-refractivity contribution is 7.89. The average molecular weight is 231 g/mol. The minimum absolute atomic E-state index is 0.0986. The number of aromatic nitrogens is 1. The second-order valence-electron chi connectivity index (χ2n) is 3.35. The summed E-state index contributed by atoms with van der Waals surface area (Å²) in [6.45, 7) is 3.39. The molecule has 0 amide bonds. The Kier molecular flexibility index (Phi) is 3.15. The second kappa shape index (κ2) is 4.03. The number of aromatic hydroxyl groups is 1. The topological polar surface area (TPSA) is 105 Å². The Morgan fingerprint density at radius 3 is 2.60 bits per heavy atom. The molecule has 0 aromatic carbocycles. The van der Waals surface area contributed by atoms with Crippen LogP contribution in [0.15, 0.2) is 17.2 Å². The van der Waals surface area contributed by atoms with Crippen molar-refractivity contribution in [3.05, 3.63) is 12.3 Å². The van der Waals surface area contributed by atoms with Crippen molar-refractivity contribution >= 4 is 15.8 Å². The molecule has 0 spiro atoms. The van der Waals surface area contributed by atoms with E-state index >= 15 is 0 Å². The Hall–Kier alpha value is -1.34. The van der Waals surface area contributed by atoms with Gasteiger partial charge >= 0.3 is 0 Å². The number of nitrogens with zero attached hydrogens (tertiary/aromatic N) is 1. The summed E-state index contributed by atoms with van der Waals surface area (Å²) in [6.07, 6.45) is 1.10. The maximum absolute atomic E-state index is 11.6. The first-order valence-electron chi connectivity index (χ1n) is 4.30. The molecular formula is C8H13N3O3S. The molecule has 0 saturated carbocycles. The molecule has 0 unspecified atom stereocenters. The monoisotopic (exact) mass is 231 g/mol. The Morgan fingerprint density at radius 2 is 2.13 bits per heavy atom. The van der Waals surface area contributed by atoms with Crippen LogP contribution in [-0.4, -0.2) is 24.6 Å². The fourth-order valence-corrected chi connectivity index (χ4v) is 2.19. The highest BCUT2D eigenvalue weighted by Gasteiger charge is 2.17. The first-order valence-corrected chi connectivity index (χ1v) is 5.78. The van der Waals surface area contributed by atoms with Crippen molar-refractivity contribution in [1.82, 2.24) is 9.71 Å². The van der Waals surface area contributed by atoms with E-state index in [1.54, 1.807) is 13.8 Å². The van der Waals surface area contributed by atoms with E-state index in [1.165, 1.54) is 0 Å². The number of rotatable bonds is 3. The van der Waals surface area contributed by atoms with Crippen molar-refractivity contribution in [3.63, 3.8) is 0 Å². The van der Waals surface area contributed by atoms with Crippen molar-refractivity contribution < 1.29 is 13.5 Å². The van der Waals surface area contributed by atoms with Gasteiger partial charge in [-0.15, -0.1) is 0 Å². The molecule has 0 aliphatic heterocycles. The second-order valence-corrected chi connectivity index (χ2v) is 5.07.